The minimum atomic E-state index is -0.896. The minimum Gasteiger partial charge on any atom is -0.457 e. The van der Waals surface area contributed by atoms with E-state index in [1.165, 1.54) is 30.4 Å². The SMILES string of the molecule is CN(C/C=C/C(=O)N1CCCC(n2nc(-c3ccc(Oc4ccccc4)cc3)c3c(N)ncnc32)C1)CCNSc1ccc(Nc2ncc(Br)c(Nc3cccc(F)c3C(N)=O)n2)cc1. The van der Waals surface area contributed by atoms with Gasteiger partial charge in [-0.3, -0.25) is 14.3 Å². The van der Waals surface area contributed by atoms with Gasteiger partial charge in [-0.1, -0.05) is 30.3 Å². The zero-order valence-corrected chi connectivity index (χ0v) is 37.6. The number of nitrogens with one attached hydrogen (secondary N) is 3. The third-order valence-electron chi connectivity index (χ3n) is 10.5. The average molecular weight is 959 g/mol. The van der Waals surface area contributed by atoms with Crippen LogP contribution in [0.5, 0.6) is 11.5 Å². The van der Waals surface area contributed by atoms with Gasteiger partial charge < -0.3 is 36.6 Å². The maximum atomic E-state index is 14.3. The van der Waals surface area contributed by atoms with Crippen LogP contribution in [-0.2, 0) is 4.79 Å². The Labute approximate surface area is 387 Å². The second-order valence-electron chi connectivity index (χ2n) is 15.1. The highest BCUT2D eigenvalue weighted by molar-refractivity contribution is 9.10. The van der Waals surface area contributed by atoms with Gasteiger partial charge in [0.25, 0.3) is 5.91 Å². The van der Waals surface area contributed by atoms with Crippen LogP contribution in [0.15, 0.2) is 131 Å². The fourth-order valence-corrected chi connectivity index (χ4v) is 8.19. The van der Waals surface area contributed by atoms with Crippen molar-refractivity contribution in [2.75, 3.05) is 56.1 Å². The Morgan fingerprint density at radius 3 is 2.55 bits per heavy atom. The molecule has 2 amide bonds. The lowest BCUT2D eigenvalue weighted by Gasteiger charge is -2.32. The van der Waals surface area contributed by atoms with Gasteiger partial charge in [0.05, 0.1) is 27.2 Å². The zero-order chi connectivity index (χ0) is 45.3. The number of anilines is 5. The maximum Gasteiger partial charge on any atom is 0.253 e. The summed E-state index contributed by atoms with van der Waals surface area (Å²) < 4.78 is 26.1. The van der Waals surface area contributed by atoms with E-state index in [9.17, 15) is 14.0 Å². The lowest BCUT2D eigenvalue weighted by Crippen LogP contribution is -2.40. The van der Waals surface area contributed by atoms with Crippen molar-refractivity contribution in [3.05, 3.63) is 138 Å². The third kappa shape index (κ3) is 11.1. The molecule has 0 aliphatic carbocycles. The number of piperidine rings is 1. The smallest absolute Gasteiger partial charge is 0.253 e. The number of nitrogens with zero attached hydrogens (tertiary/aromatic N) is 8. The molecule has 0 radical (unpaired) electrons. The third-order valence-corrected chi connectivity index (χ3v) is 11.9. The monoisotopic (exact) mass is 957 g/mol. The molecule has 332 valence electrons. The van der Waals surface area contributed by atoms with E-state index in [2.05, 4.69) is 56.1 Å². The number of likely N-dealkylation sites (tertiary alicyclic amines) is 1. The largest absolute Gasteiger partial charge is 0.457 e. The molecule has 8 rings (SSSR count). The Bertz CT molecular complexity index is 2820. The number of benzene rings is 4. The molecule has 7 N–H and O–H groups in total. The highest BCUT2D eigenvalue weighted by atomic mass is 79.9. The number of likely N-dealkylation sites (N-methyl/N-ethyl adjacent to an activating group) is 1. The number of hydrogen-bond donors (Lipinski definition) is 5. The number of para-hydroxylation sites is 1. The summed E-state index contributed by atoms with van der Waals surface area (Å²) in [5.41, 5.74) is 14.7. The van der Waals surface area contributed by atoms with E-state index in [1.807, 2.05) is 102 Å². The summed E-state index contributed by atoms with van der Waals surface area (Å²) in [7, 11) is 2.01. The number of carbonyl (C=O) groups is 2. The van der Waals surface area contributed by atoms with Gasteiger partial charge in [-0.15, -0.1) is 0 Å². The fraction of sp³-hybridized carbons (Fsp3) is 0.196. The van der Waals surface area contributed by atoms with Gasteiger partial charge in [0, 0.05) is 61.1 Å². The Hall–Kier alpha value is -6.93. The van der Waals surface area contributed by atoms with Crippen LogP contribution in [0.1, 0.15) is 29.2 Å². The molecule has 65 heavy (non-hydrogen) atoms. The molecule has 4 heterocycles. The number of primary amides is 1. The minimum absolute atomic E-state index is 0.0407. The van der Waals surface area contributed by atoms with Crippen molar-refractivity contribution in [1.82, 2.24) is 44.2 Å². The number of carbonyl (C=O) groups excluding carboxylic acids is 2. The number of aromatic nitrogens is 6. The molecular formula is C46H45BrFN13O3S. The maximum absolute atomic E-state index is 14.3. The highest BCUT2D eigenvalue weighted by Crippen LogP contribution is 2.35. The van der Waals surface area contributed by atoms with Crippen LogP contribution in [0, 0.1) is 5.82 Å². The summed E-state index contributed by atoms with van der Waals surface area (Å²) in [6.07, 6.45) is 8.22. The van der Waals surface area contributed by atoms with E-state index in [0.29, 0.717) is 64.8 Å². The lowest BCUT2D eigenvalue weighted by atomic mass is 10.1. The van der Waals surface area contributed by atoms with Gasteiger partial charge in [-0.2, -0.15) is 10.1 Å². The molecule has 4 aromatic carbocycles. The lowest BCUT2D eigenvalue weighted by molar-refractivity contribution is -0.127. The zero-order valence-electron chi connectivity index (χ0n) is 35.2. The second-order valence-corrected chi connectivity index (χ2v) is 16.9. The van der Waals surface area contributed by atoms with Gasteiger partial charge in [0.1, 0.15) is 41.0 Å². The topological polar surface area (TPSA) is 207 Å². The Balaban J connectivity index is 0.793. The van der Waals surface area contributed by atoms with Gasteiger partial charge in [0.2, 0.25) is 11.9 Å². The predicted octanol–water partition coefficient (Wildman–Crippen LogP) is 8.09. The van der Waals surface area contributed by atoms with Crippen LogP contribution in [0.3, 0.4) is 0 Å². The summed E-state index contributed by atoms with van der Waals surface area (Å²) in [4.78, 5) is 47.9. The van der Waals surface area contributed by atoms with Crippen molar-refractivity contribution in [2.45, 2.75) is 23.8 Å². The molecule has 7 aromatic rings. The number of halogens is 2. The van der Waals surface area contributed by atoms with Gasteiger partial charge in [0.15, 0.2) is 5.65 Å². The first-order valence-corrected chi connectivity index (χ1v) is 22.3. The van der Waals surface area contributed by atoms with Crippen LogP contribution < -0.4 is 31.6 Å². The number of nitrogens with two attached hydrogens (primary N) is 2. The Morgan fingerprint density at radius 2 is 1.77 bits per heavy atom. The average Bonchev–Trinajstić information content (AvgIpc) is 3.71. The van der Waals surface area contributed by atoms with Crippen LogP contribution in [0.25, 0.3) is 22.3 Å². The van der Waals surface area contributed by atoms with E-state index in [1.54, 1.807) is 18.3 Å². The predicted molar refractivity (Wildman–Crippen MR) is 255 cm³/mol. The van der Waals surface area contributed by atoms with Crippen molar-refractivity contribution < 1.29 is 18.7 Å². The van der Waals surface area contributed by atoms with Crippen LogP contribution in [0.4, 0.5) is 33.3 Å². The summed E-state index contributed by atoms with van der Waals surface area (Å²) in [5, 5.41) is 11.8. The Morgan fingerprint density at radius 1 is 0.985 bits per heavy atom. The molecule has 1 fully saturated rings. The van der Waals surface area contributed by atoms with Crippen molar-refractivity contribution in [3.8, 4) is 22.8 Å². The van der Waals surface area contributed by atoms with Gasteiger partial charge in [-0.05, 0) is 121 Å². The molecule has 16 nitrogen and oxygen atoms in total. The van der Waals surface area contributed by atoms with E-state index < -0.39 is 11.7 Å². The number of fused-ring (bicyclic) bond motifs is 1. The molecule has 19 heteroatoms. The summed E-state index contributed by atoms with van der Waals surface area (Å²) in [6.45, 7) is 3.23. The molecule has 3 aromatic heterocycles. The van der Waals surface area contributed by atoms with E-state index in [-0.39, 0.29) is 29.1 Å². The van der Waals surface area contributed by atoms with Gasteiger partial charge >= 0.3 is 0 Å². The molecule has 1 saturated heterocycles. The first-order chi connectivity index (χ1) is 31.6. The van der Waals surface area contributed by atoms with Crippen molar-refractivity contribution >= 4 is 79.7 Å². The molecule has 1 aliphatic heterocycles. The number of amides is 2. The molecule has 0 spiro atoms. The van der Waals surface area contributed by atoms with Gasteiger partial charge in [-0.25, -0.2) is 24.0 Å². The second kappa shape index (κ2) is 20.7. The summed E-state index contributed by atoms with van der Waals surface area (Å²) in [5.74, 6) is 0.742. The van der Waals surface area contributed by atoms with Crippen LogP contribution >= 0.6 is 27.9 Å². The fourth-order valence-electron chi connectivity index (χ4n) is 7.27. The summed E-state index contributed by atoms with van der Waals surface area (Å²) >= 11 is 4.91. The standard InChI is InChI=1S/C46H45BrFN13O3S/c1-59(25-22-54-65-34-20-16-30(17-21-34)55-46-51-26-35(47)44(57-46)56-37-12-5-11-36(48)39(37)43(50)63)23-7-13-38(62)60-24-6-8-31(27-60)61-45-40(42(49)52-28-53-45)41(58-61)29-14-18-33(19-15-29)64-32-9-3-2-4-10-32/h2-5,7,9-21,26,28,31,54H,6,8,22-25,27H2,1H3,(H2,50,63)(H2,49,52,53)(H2,51,55,56,57)/b13-7+. The molecule has 1 unspecified atom stereocenters. The molecular weight excluding hydrogens is 914 g/mol. The highest BCUT2D eigenvalue weighted by Gasteiger charge is 2.28. The molecule has 0 saturated carbocycles. The number of nitrogen functional groups attached to an aromatic ring is 1. The molecule has 1 atom stereocenters. The molecule has 0 bridgehead atoms. The van der Waals surface area contributed by atoms with Crippen molar-refractivity contribution in [1.29, 1.82) is 0 Å². The summed E-state index contributed by atoms with van der Waals surface area (Å²) in [6, 6.07) is 29.1. The first kappa shape index (κ1) is 44.7. The van der Waals surface area contributed by atoms with Crippen LogP contribution in [-0.4, -0.2) is 91.1 Å². The van der Waals surface area contributed by atoms with E-state index in [0.717, 1.165) is 41.3 Å². The number of ether oxygens (including phenoxy) is 1. The molecule has 1 aliphatic rings. The number of rotatable bonds is 17. The Kier molecular flexibility index (Phi) is 14.2. The van der Waals surface area contributed by atoms with E-state index >= 15 is 0 Å². The van der Waals surface area contributed by atoms with E-state index in [4.69, 9.17) is 21.3 Å². The normalized spacial score (nSPS) is 14.0. The number of hydrogen-bond acceptors (Lipinski definition) is 14. The van der Waals surface area contributed by atoms with Crippen molar-refractivity contribution in [2.24, 2.45) is 5.73 Å². The first-order valence-electron chi connectivity index (χ1n) is 20.7. The van der Waals surface area contributed by atoms with Crippen molar-refractivity contribution in [3.63, 3.8) is 0 Å². The van der Waals surface area contributed by atoms with Crippen LogP contribution in [0.2, 0.25) is 0 Å². The quantitative estimate of drug-likeness (QED) is 0.0332.